The van der Waals surface area contributed by atoms with E-state index in [2.05, 4.69) is 5.32 Å². The first kappa shape index (κ1) is 16.3. The molecule has 1 N–H and O–H groups in total. The van der Waals surface area contributed by atoms with Crippen molar-refractivity contribution in [3.05, 3.63) is 0 Å². The second-order valence-corrected chi connectivity index (χ2v) is 6.51. The van der Waals surface area contributed by atoms with Gasteiger partial charge in [0.15, 0.2) is 0 Å². The summed E-state index contributed by atoms with van der Waals surface area (Å²) in [5.41, 5.74) is -0.535. The van der Waals surface area contributed by atoms with E-state index < -0.39 is 5.41 Å². The van der Waals surface area contributed by atoms with Crippen LogP contribution < -0.4 is 5.32 Å². The zero-order valence-electron chi connectivity index (χ0n) is 12.3. The van der Waals surface area contributed by atoms with E-state index in [1.54, 1.807) is 0 Å². The molecule has 0 aliphatic carbocycles. The first-order valence-electron chi connectivity index (χ1n) is 6.93. The van der Waals surface area contributed by atoms with Crippen molar-refractivity contribution < 1.29 is 9.59 Å². The van der Waals surface area contributed by atoms with E-state index in [0.29, 0.717) is 5.88 Å². The smallest absolute Gasteiger partial charge is 0.227 e. The molecule has 0 atom stereocenters. The topological polar surface area (TPSA) is 49.4 Å². The van der Waals surface area contributed by atoms with Crippen LogP contribution in [0.1, 0.15) is 40.5 Å². The number of likely N-dealkylation sites (tertiary alicyclic amines) is 1. The Morgan fingerprint density at radius 1 is 1.32 bits per heavy atom. The van der Waals surface area contributed by atoms with Crippen molar-refractivity contribution in [3.8, 4) is 0 Å². The lowest BCUT2D eigenvalue weighted by Crippen LogP contribution is -2.50. The molecule has 1 saturated heterocycles. The van der Waals surface area contributed by atoms with E-state index >= 15 is 0 Å². The fourth-order valence-corrected chi connectivity index (χ4v) is 2.17. The SMILES string of the molecule is CC(C)C(=O)N1CCC(NC(=O)C(C)(C)CCl)CC1. The number of carbonyl (C=O) groups excluding carboxylic acids is 2. The molecule has 0 saturated carbocycles. The highest BCUT2D eigenvalue weighted by Gasteiger charge is 2.30. The Labute approximate surface area is 120 Å². The lowest BCUT2D eigenvalue weighted by Gasteiger charge is -2.34. The van der Waals surface area contributed by atoms with Crippen molar-refractivity contribution >= 4 is 23.4 Å². The van der Waals surface area contributed by atoms with Crippen LogP contribution in [-0.2, 0) is 9.59 Å². The molecule has 19 heavy (non-hydrogen) atoms. The van der Waals surface area contributed by atoms with E-state index in [0.717, 1.165) is 25.9 Å². The highest BCUT2D eigenvalue weighted by Crippen LogP contribution is 2.19. The summed E-state index contributed by atoms with van der Waals surface area (Å²) in [6.45, 7) is 8.96. The average Bonchev–Trinajstić information content (AvgIpc) is 2.38. The number of piperidine rings is 1. The Hall–Kier alpha value is -0.770. The van der Waals surface area contributed by atoms with Crippen LogP contribution in [0.15, 0.2) is 0 Å². The van der Waals surface area contributed by atoms with Crippen molar-refractivity contribution in [1.29, 1.82) is 0 Å². The standard InChI is InChI=1S/C14H25ClN2O2/c1-10(2)12(18)17-7-5-11(6-8-17)16-13(19)14(3,4)9-15/h10-11H,5-9H2,1-4H3,(H,16,19). The molecule has 0 aromatic heterocycles. The molecular formula is C14H25ClN2O2. The summed E-state index contributed by atoms with van der Waals surface area (Å²) >= 11 is 5.79. The molecule has 0 spiro atoms. The summed E-state index contributed by atoms with van der Waals surface area (Å²) in [5.74, 6) is 0.548. The van der Waals surface area contributed by atoms with Crippen molar-refractivity contribution in [2.45, 2.75) is 46.6 Å². The Kier molecular flexibility index (Phi) is 5.65. The molecule has 2 amide bonds. The van der Waals surface area contributed by atoms with Crippen molar-refractivity contribution in [2.75, 3.05) is 19.0 Å². The van der Waals surface area contributed by atoms with Crippen molar-refractivity contribution in [3.63, 3.8) is 0 Å². The summed E-state index contributed by atoms with van der Waals surface area (Å²) in [4.78, 5) is 25.8. The van der Waals surface area contributed by atoms with Crippen LogP contribution in [0.2, 0.25) is 0 Å². The van der Waals surface area contributed by atoms with E-state index in [9.17, 15) is 9.59 Å². The minimum Gasteiger partial charge on any atom is -0.353 e. The van der Waals surface area contributed by atoms with E-state index in [4.69, 9.17) is 11.6 Å². The van der Waals surface area contributed by atoms with Gasteiger partial charge in [0.05, 0.1) is 5.41 Å². The van der Waals surface area contributed by atoms with Crippen LogP contribution in [0, 0.1) is 11.3 Å². The van der Waals surface area contributed by atoms with Crippen LogP contribution in [0.4, 0.5) is 0 Å². The van der Waals surface area contributed by atoms with Gasteiger partial charge in [0.25, 0.3) is 0 Å². The van der Waals surface area contributed by atoms with Gasteiger partial charge in [0.2, 0.25) is 11.8 Å². The number of nitrogens with one attached hydrogen (secondary N) is 1. The van der Waals surface area contributed by atoms with Crippen LogP contribution in [0.25, 0.3) is 0 Å². The fourth-order valence-electron chi connectivity index (χ4n) is 2.05. The molecule has 0 aromatic carbocycles. The van der Waals surface area contributed by atoms with Crippen molar-refractivity contribution in [1.82, 2.24) is 10.2 Å². The predicted molar refractivity (Wildman–Crippen MR) is 77.1 cm³/mol. The van der Waals surface area contributed by atoms with E-state index in [1.807, 2.05) is 32.6 Å². The maximum absolute atomic E-state index is 12.0. The quantitative estimate of drug-likeness (QED) is 0.805. The predicted octanol–water partition coefficient (Wildman–Crippen LogP) is 2.01. The third-order valence-electron chi connectivity index (χ3n) is 3.58. The average molecular weight is 289 g/mol. The van der Waals surface area contributed by atoms with Gasteiger partial charge in [-0.3, -0.25) is 9.59 Å². The molecule has 1 aliphatic rings. The normalized spacial score (nSPS) is 17.7. The second-order valence-electron chi connectivity index (χ2n) is 6.25. The monoisotopic (exact) mass is 288 g/mol. The minimum absolute atomic E-state index is 0.00358. The molecule has 1 heterocycles. The van der Waals surface area contributed by atoms with Gasteiger partial charge in [-0.1, -0.05) is 13.8 Å². The highest BCUT2D eigenvalue weighted by atomic mass is 35.5. The summed E-state index contributed by atoms with van der Waals surface area (Å²) < 4.78 is 0. The number of carbonyl (C=O) groups is 2. The molecule has 0 aromatic rings. The molecule has 0 radical (unpaired) electrons. The van der Waals surface area contributed by atoms with Gasteiger partial charge in [0.1, 0.15) is 0 Å². The molecule has 0 unspecified atom stereocenters. The Balaban J connectivity index is 2.43. The van der Waals surface area contributed by atoms with Crippen molar-refractivity contribution in [2.24, 2.45) is 11.3 Å². The minimum atomic E-state index is -0.535. The Morgan fingerprint density at radius 2 is 1.84 bits per heavy atom. The first-order chi connectivity index (χ1) is 8.77. The van der Waals surface area contributed by atoms with Crippen LogP contribution in [0.3, 0.4) is 0 Å². The lowest BCUT2D eigenvalue weighted by molar-refractivity contribution is -0.135. The molecular weight excluding hydrogens is 264 g/mol. The number of nitrogens with zero attached hydrogens (tertiary/aromatic N) is 1. The van der Waals surface area contributed by atoms with Gasteiger partial charge in [-0.2, -0.15) is 0 Å². The van der Waals surface area contributed by atoms with E-state index in [1.165, 1.54) is 0 Å². The van der Waals surface area contributed by atoms with Gasteiger partial charge >= 0.3 is 0 Å². The van der Waals surface area contributed by atoms with Crippen LogP contribution >= 0.6 is 11.6 Å². The van der Waals surface area contributed by atoms with Crippen LogP contribution in [-0.4, -0.2) is 41.7 Å². The molecule has 0 bridgehead atoms. The zero-order chi connectivity index (χ0) is 14.6. The van der Waals surface area contributed by atoms with Gasteiger partial charge in [0, 0.05) is 30.9 Å². The zero-order valence-corrected chi connectivity index (χ0v) is 13.1. The molecule has 110 valence electrons. The number of amides is 2. The van der Waals surface area contributed by atoms with Crippen LogP contribution in [0.5, 0.6) is 0 Å². The number of hydrogen-bond donors (Lipinski definition) is 1. The van der Waals surface area contributed by atoms with Gasteiger partial charge in [-0.15, -0.1) is 11.6 Å². The third-order valence-corrected chi connectivity index (χ3v) is 4.25. The largest absolute Gasteiger partial charge is 0.353 e. The number of rotatable bonds is 4. The molecule has 1 aliphatic heterocycles. The molecule has 4 nitrogen and oxygen atoms in total. The fraction of sp³-hybridized carbons (Fsp3) is 0.857. The second kappa shape index (κ2) is 6.60. The highest BCUT2D eigenvalue weighted by molar-refractivity contribution is 6.19. The van der Waals surface area contributed by atoms with Gasteiger partial charge < -0.3 is 10.2 Å². The summed E-state index contributed by atoms with van der Waals surface area (Å²) in [6, 6.07) is 0.159. The van der Waals surface area contributed by atoms with E-state index in [-0.39, 0.29) is 23.8 Å². The number of alkyl halides is 1. The summed E-state index contributed by atoms with van der Waals surface area (Å²) in [5, 5.41) is 3.04. The van der Waals surface area contributed by atoms with Gasteiger partial charge in [-0.25, -0.2) is 0 Å². The van der Waals surface area contributed by atoms with Gasteiger partial charge in [-0.05, 0) is 26.7 Å². The molecule has 5 heteroatoms. The molecule has 1 rings (SSSR count). The third kappa shape index (κ3) is 4.37. The molecule has 1 fully saturated rings. The summed E-state index contributed by atoms with van der Waals surface area (Å²) in [7, 11) is 0. The summed E-state index contributed by atoms with van der Waals surface area (Å²) in [6.07, 6.45) is 1.64. The lowest BCUT2D eigenvalue weighted by atomic mass is 9.93. The first-order valence-corrected chi connectivity index (χ1v) is 7.47. The Bertz CT molecular complexity index is 334. The maximum atomic E-state index is 12.0. The number of hydrogen-bond acceptors (Lipinski definition) is 2. The maximum Gasteiger partial charge on any atom is 0.227 e. The Morgan fingerprint density at radius 3 is 2.26 bits per heavy atom. The number of halogens is 1.